The van der Waals surface area contributed by atoms with Crippen LogP contribution < -0.4 is 9.47 Å². The summed E-state index contributed by atoms with van der Waals surface area (Å²) in [5.74, 6) is 1.55. The number of benzene rings is 3. The molecule has 0 unspecified atom stereocenters. The summed E-state index contributed by atoms with van der Waals surface area (Å²) < 4.78 is 38.8. The summed E-state index contributed by atoms with van der Waals surface area (Å²) in [6.07, 6.45) is 1.97. The van der Waals surface area contributed by atoms with Gasteiger partial charge in [-0.1, -0.05) is 36.4 Å². The summed E-state index contributed by atoms with van der Waals surface area (Å²) >= 11 is 0. The zero-order valence-corrected chi connectivity index (χ0v) is 23.5. The summed E-state index contributed by atoms with van der Waals surface area (Å²) in [4.78, 5) is 27.0. The second-order valence-electron chi connectivity index (χ2n) is 10.8. The Labute approximate surface area is 234 Å². The quantitative estimate of drug-likeness (QED) is 0.432. The lowest BCUT2D eigenvalue weighted by Gasteiger charge is -2.33. The van der Waals surface area contributed by atoms with Gasteiger partial charge in [-0.2, -0.15) is 4.31 Å². The van der Waals surface area contributed by atoms with Gasteiger partial charge in [-0.15, -0.1) is 0 Å². The van der Waals surface area contributed by atoms with Crippen LogP contribution in [0, 0.1) is 6.92 Å². The highest BCUT2D eigenvalue weighted by Gasteiger charge is 2.50. The maximum atomic E-state index is 13.5. The zero-order valence-electron chi connectivity index (χ0n) is 22.7. The first-order valence-electron chi connectivity index (χ1n) is 13.6. The number of rotatable bonds is 7. The Balaban J connectivity index is 1.18. The Morgan fingerprint density at radius 3 is 2.25 bits per heavy atom. The maximum Gasteiger partial charge on any atom is 0.243 e. The first-order valence-corrected chi connectivity index (χ1v) is 15.0. The van der Waals surface area contributed by atoms with Crippen LogP contribution in [0.4, 0.5) is 0 Å². The number of hydrogen-bond acceptors (Lipinski definition) is 6. The van der Waals surface area contributed by atoms with Crippen LogP contribution in [0.15, 0.2) is 65.6 Å². The minimum absolute atomic E-state index is 0.0408. The molecule has 1 saturated carbocycles. The molecule has 0 spiro atoms. The molecule has 0 atom stereocenters. The molecule has 8 nitrogen and oxygen atoms in total. The van der Waals surface area contributed by atoms with Crippen LogP contribution in [0.25, 0.3) is 11.1 Å². The van der Waals surface area contributed by atoms with Crippen LogP contribution in [0.1, 0.15) is 36.5 Å². The third kappa shape index (κ3) is 4.77. The lowest BCUT2D eigenvalue weighted by atomic mass is 9.87. The summed E-state index contributed by atoms with van der Waals surface area (Å²) in [6.45, 7) is 5.07. The van der Waals surface area contributed by atoms with Gasteiger partial charge in [0.2, 0.25) is 22.7 Å². The molecule has 1 aliphatic carbocycles. The van der Waals surface area contributed by atoms with Crippen molar-refractivity contribution in [3.63, 3.8) is 0 Å². The Morgan fingerprint density at radius 2 is 1.57 bits per heavy atom. The van der Waals surface area contributed by atoms with Gasteiger partial charge in [-0.3, -0.25) is 9.59 Å². The molecule has 2 heterocycles. The second-order valence-corrected chi connectivity index (χ2v) is 12.8. The number of ether oxygens (including phenoxy) is 2. The normalized spacial score (nSPS) is 18.0. The van der Waals surface area contributed by atoms with Gasteiger partial charge in [0, 0.05) is 39.5 Å². The molecule has 3 aromatic rings. The van der Waals surface area contributed by atoms with Crippen molar-refractivity contribution in [1.29, 1.82) is 0 Å². The van der Waals surface area contributed by atoms with E-state index in [9.17, 15) is 18.0 Å². The van der Waals surface area contributed by atoms with E-state index in [2.05, 4.69) is 0 Å². The van der Waals surface area contributed by atoms with Crippen molar-refractivity contribution in [2.45, 2.75) is 43.4 Å². The first kappa shape index (κ1) is 26.5. The average Bonchev–Trinajstić information content (AvgIpc) is 3.64. The SMILES string of the molecule is CC(=O)N1CCN(S(=O)(=O)c2ccc(-c3cc(CC(=O)C4(c5ccc6c(c5)OCO6)CC4)ccc3C)cc2)CC1. The van der Waals surface area contributed by atoms with E-state index >= 15 is 0 Å². The number of sulfonamides is 1. The van der Waals surface area contributed by atoms with Gasteiger partial charge in [-0.25, -0.2) is 8.42 Å². The Kier molecular flexibility index (Phi) is 6.67. The highest BCUT2D eigenvalue weighted by molar-refractivity contribution is 7.89. The molecule has 3 aliphatic rings. The molecule has 1 amide bonds. The van der Waals surface area contributed by atoms with Crippen molar-refractivity contribution in [3.8, 4) is 22.6 Å². The lowest BCUT2D eigenvalue weighted by molar-refractivity contribution is -0.130. The average molecular weight is 561 g/mol. The third-order valence-corrected chi connectivity index (χ3v) is 10.3. The van der Waals surface area contributed by atoms with Crippen LogP contribution >= 0.6 is 0 Å². The van der Waals surface area contributed by atoms with Gasteiger partial charge in [0.1, 0.15) is 5.78 Å². The topological polar surface area (TPSA) is 93.2 Å². The van der Waals surface area contributed by atoms with Crippen molar-refractivity contribution in [2.75, 3.05) is 33.0 Å². The van der Waals surface area contributed by atoms with Gasteiger partial charge in [0.15, 0.2) is 11.5 Å². The molecular weight excluding hydrogens is 528 g/mol. The molecule has 0 radical (unpaired) electrons. The van der Waals surface area contributed by atoms with E-state index in [1.54, 1.807) is 17.0 Å². The summed E-state index contributed by atoms with van der Waals surface area (Å²) in [6, 6.07) is 18.7. The molecule has 0 aromatic heterocycles. The monoisotopic (exact) mass is 560 g/mol. The Morgan fingerprint density at radius 1 is 0.875 bits per heavy atom. The van der Waals surface area contributed by atoms with Crippen molar-refractivity contribution in [1.82, 2.24) is 9.21 Å². The number of Topliss-reactive ketones (excluding diaryl/α,β-unsaturated/α-hetero) is 1. The van der Waals surface area contributed by atoms with Crippen molar-refractivity contribution in [2.24, 2.45) is 0 Å². The fourth-order valence-electron chi connectivity index (χ4n) is 5.69. The Bertz CT molecular complexity index is 1590. The van der Waals surface area contributed by atoms with E-state index in [1.165, 1.54) is 11.2 Å². The zero-order chi connectivity index (χ0) is 28.1. The van der Waals surface area contributed by atoms with E-state index < -0.39 is 15.4 Å². The number of carbonyl (C=O) groups is 2. The number of piperazine rings is 1. The van der Waals surface area contributed by atoms with Crippen LogP contribution in [-0.2, 0) is 31.4 Å². The summed E-state index contributed by atoms with van der Waals surface area (Å²) in [5.41, 5.74) is 4.34. The fourth-order valence-corrected chi connectivity index (χ4v) is 7.11. The predicted octanol–water partition coefficient (Wildman–Crippen LogP) is 4.09. The largest absolute Gasteiger partial charge is 0.454 e. The van der Waals surface area contributed by atoms with E-state index in [1.807, 2.05) is 55.5 Å². The number of carbonyl (C=O) groups excluding carboxylic acids is 2. The molecule has 208 valence electrons. The van der Waals surface area contributed by atoms with Crippen LogP contribution in [-0.4, -0.2) is 62.3 Å². The van der Waals surface area contributed by atoms with E-state index in [4.69, 9.17) is 9.47 Å². The fraction of sp³-hybridized carbons (Fsp3) is 0.355. The Hall–Kier alpha value is -3.69. The highest BCUT2D eigenvalue weighted by atomic mass is 32.2. The number of ketones is 1. The van der Waals surface area contributed by atoms with Crippen LogP contribution in [0.3, 0.4) is 0 Å². The van der Waals surface area contributed by atoms with Crippen molar-refractivity contribution in [3.05, 3.63) is 77.4 Å². The summed E-state index contributed by atoms with van der Waals surface area (Å²) in [5, 5.41) is 0. The molecular formula is C31H32N2O6S. The van der Waals surface area contributed by atoms with E-state index in [-0.39, 0.29) is 36.5 Å². The van der Waals surface area contributed by atoms with Crippen LogP contribution in [0.5, 0.6) is 11.5 Å². The van der Waals surface area contributed by atoms with Crippen molar-refractivity contribution >= 4 is 21.7 Å². The highest BCUT2D eigenvalue weighted by Crippen LogP contribution is 2.51. The smallest absolute Gasteiger partial charge is 0.243 e. The van der Waals surface area contributed by atoms with Crippen LogP contribution in [0.2, 0.25) is 0 Å². The van der Waals surface area contributed by atoms with Gasteiger partial charge < -0.3 is 14.4 Å². The number of fused-ring (bicyclic) bond motifs is 1. The third-order valence-electron chi connectivity index (χ3n) is 8.36. The number of hydrogen-bond donors (Lipinski definition) is 0. The maximum absolute atomic E-state index is 13.5. The first-order chi connectivity index (χ1) is 19.2. The number of amides is 1. The van der Waals surface area contributed by atoms with E-state index in [0.717, 1.165) is 40.7 Å². The molecule has 1 saturated heterocycles. The molecule has 2 fully saturated rings. The number of nitrogens with zero attached hydrogens (tertiary/aromatic N) is 2. The summed E-state index contributed by atoms with van der Waals surface area (Å²) in [7, 11) is -3.65. The second kappa shape index (κ2) is 10.1. The molecule has 9 heteroatoms. The lowest BCUT2D eigenvalue weighted by Crippen LogP contribution is -2.49. The van der Waals surface area contributed by atoms with Gasteiger partial charge in [0.25, 0.3) is 0 Å². The standard InChI is InChI=1S/C31H32N2O6S/c1-21-3-4-23(18-30(35)31(11-12-31)25-7-10-28-29(19-25)39-20-38-28)17-27(21)24-5-8-26(9-6-24)40(36,37)33-15-13-32(14-16-33)22(2)34/h3-10,17,19H,11-16,18,20H2,1-2H3. The van der Waals surface area contributed by atoms with Gasteiger partial charge >= 0.3 is 0 Å². The molecule has 0 bridgehead atoms. The van der Waals surface area contributed by atoms with Gasteiger partial charge in [0.05, 0.1) is 10.3 Å². The minimum atomic E-state index is -3.65. The molecule has 2 aliphatic heterocycles. The molecule has 3 aromatic carbocycles. The molecule has 6 rings (SSSR count). The number of aryl methyl sites for hydroxylation is 1. The van der Waals surface area contributed by atoms with E-state index in [0.29, 0.717) is 31.0 Å². The van der Waals surface area contributed by atoms with Gasteiger partial charge in [-0.05, 0) is 71.8 Å². The molecule has 40 heavy (non-hydrogen) atoms. The van der Waals surface area contributed by atoms with Crippen molar-refractivity contribution < 1.29 is 27.5 Å². The molecule has 0 N–H and O–H groups in total. The predicted molar refractivity (Wildman–Crippen MR) is 150 cm³/mol. The minimum Gasteiger partial charge on any atom is -0.454 e.